The maximum Gasteiger partial charge on any atom is 0.116 e. The fraction of sp³-hybridized carbons (Fsp3) is 0. The first-order valence-corrected chi connectivity index (χ1v) is 4.45. The molecule has 0 aliphatic rings. The van der Waals surface area contributed by atoms with Gasteiger partial charge in [0, 0.05) is 11.8 Å². The van der Waals surface area contributed by atoms with Gasteiger partial charge in [0.25, 0.3) is 0 Å². The third kappa shape index (κ3) is 1.94. The highest BCUT2D eigenvalue weighted by molar-refractivity contribution is 5.61. The largest absolute Gasteiger partial charge is 0.508 e. The van der Waals surface area contributed by atoms with Crippen LogP contribution >= 0.6 is 0 Å². The van der Waals surface area contributed by atoms with Gasteiger partial charge in [-0.15, -0.1) is 0 Å². The summed E-state index contributed by atoms with van der Waals surface area (Å²) in [6.07, 6.45) is 1.51. The van der Waals surface area contributed by atoms with Gasteiger partial charge in [-0.05, 0) is 24.3 Å². The zero-order valence-corrected chi connectivity index (χ0v) is 7.88. The van der Waals surface area contributed by atoms with Gasteiger partial charge in [-0.2, -0.15) is 5.26 Å². The van der Waals surface area contributed by atoms with Crippen molar-refractivity contribution in [1.29, 1.82) is 5.26 Å². The number of phenolic OH excluding ortho intramolecular Hbond substituents is 1. The van der Waals surface area contributed by atoms with E-state index in [1.165, 1.54) is 6.20 Å². The molecule has 3 nitrogen and oxygen atoms in total. The SMILES string of the molecule is N#Cc1ccc(-c2cccc(O)c2)nc1. The number of aromatic hydroxyl groups is 1. The molecule has 0 bridgehead atoms. The number of aromatic nitrogens is 1. The molecule has 0 spiro atoms. The molecule has 1 aromatic carbocycles. The molecule has 1 heterocycles. The number of nitriles is 1. The Hall–Kier alpha value is -2.34. The molecule has 0 fully saturated rings. The predicted molar refractivity (Wildman–Crippen MR) is 56.1 cm³/mol. The molecule has 0 atom stereocenters. The molecule has 0 amide bonds. The van der Waals surface area contributed by atoms with Crippen molar-refractivity contribution in [3.05, 3.63) is 48.2 Å². The predicted octanol–water partition coefficient (Wildman–Crippen LogP) is 2.33. The molecule has 2 rings (SSSR count). The monoisotopic (exact) mass is 196 g/mol. The van der Waals surface area contributed by atoms with Crippen molar-refractivity contribution in [3.8, 4) is 23.1 Å². The van der Waals surface area contributed by atoms with Crippen molar-refractivity contribution in [2.24, 2.45) is 0 Å². The molecule has 1 aromatic heterocycles. The summed E-state index contributed by atoms with van der Waals surface area (Å²) in [5, 5.41) is 17.9. The van der Waals surface area contributed by atoms with Crippen molar-refractivity contribution >= 4 is 0 Å². The lowest BCUT2D eigenvalue weighted by atomic mass is 10.1. The smallest absolute Gasteiger partial charge is 0.116 e. The summed E-state index contributed by atoms with van der Waals surface area (Å²) in [6.45, 7) is 0. The third-order valence-corrected chi connectivity index (χ3v) is 2.03. The Morgan fingerprint density at radius 3 is 2.67 bits per heavy atom. The van der Waals surface area contributed by atoms with Gasteiger partial charge in [0.2, 0.25) is 0 Å². The Labute approximate surface area is 87.3 Å². The number of benzene rings is 1. The van der Waals surface area contributed by atoms with E-state index in [0.717, 1.165) is 11.3 Å². The lowest BCUT2D eigenvalue weighted by molar-refractivity contribution is 0.475. The number of phenols is 1. The van der Waals surface area contributed by atoms with Gasteiger partial charge in [-0.3, -0.25) is 4.98 Å². The Bertz CT molecular complexity index is 512. The minimum absolute atomic E-state index is 0.207. The van der Waals surface area contributed by atoms with Crippen molar-refractivity contribution in [1.82, 2.24) is 4.98 Å². The van der Waals surface area contributed by atoms with E-state index >= 15 is 0 Å². The highest BCUT2D eigenvalue weighted by atomic mass is 16.3. The molecular formula is C12H8N2O. The van der Waals surface area contributed by atoms with E-state index in [2.05, 4.69) is 4.98 Å². The van der Waals surface area contributed by atoms with E-state index in [9.17, 15) is 5.11 Å². The number of pyridine rings is 1. The van der Waals surface area contributed by atoms with Crippen LogP contribution in [0.3, 0.4) is 0 Å². The summed E-state index contributed by atoms with van der Waals surface area (Å²) in [5.74, 6) is 0.207. The maximum atomic E-state index is 9.30. The first kappa shape index (κ1) is 9.22. The van der Waals surface area contributed by atoms with Crippen LogP contribution < -0.4 is 0 Å². The van der Waals surface area contributed by atoms with E-state index in [0.29, 0.717) is 5.56 Å². The summed E-state index contributed by atoms with van der Waals surface area (Å²) in [7, 11) is 0. The van der Waals surface area contributed by atoms with E-state index in [-0.39, 0.29) is 5.75 Å². The van der Waals surface area contributed by atoms with E-state index < -0.39 is 0 Å². The topological polar surface area (TPSA) is 56.9 Å². The number of hydrogen-bond acceptors (Lipinski definition) is 3. The quantitative estimate of drug-likeness (QED) is 0.761. The van der Waals surface area contributed by atoms with Crippen molar-refractivity contribution in [2.45, 2.75) is 0 Å². The third-order valence-electron chi connectivity index (χ3n) is 2.03. The Morgan fingerprint density at radius 2 is 2.07 bits per heavy atom. The van der Waals surface area contributed by atoms with Gasteiger partial charge < -0.3 is 5.11 Å². The second-order valence-corrected chi connectivity index (χ2v) is 3.09. The fourth-order valence-electron chi connectivity index (χ4n) is 1.30. The second-order valence-electron chi connectivity index (χ2n) is 3.09. The average Bonchev–Trinajstić information content (AvgIpc) is 2.29. The van der Waals surface area contributed by atoms with Gasteiger partial charge in [-0.25, -0.2) is 0 Å². The molecule has 2 aromatic rings. The standard InChI is InChI=1S/C12H8N2O/c13-7-9-4-5-12(14-8-9)10-2-1-3-11(15)6-10/h1-6,8,15H. The Balaban J connectivity index is 2.42. The molecular weight excluding hydrogens is 188 g/mol. The van der Waals surface area contributed by atoms with Gasteiger partial charge in [0.05, 0.1) is 11.3 Å². The minimum atomic E-state index is 0.207. The molecule has 0 unspecified atom stereocenters. The number of rotatable bonds is 1. The van der Waals surface area contributed by atoms with Crippen LogP contribution in [0.1, 0.15) is 5.56 Å². The summed E-state index contributed by atoms with van der Waals surface area (Å²) in [6, 6.07) is 12.3. The van der Waals surface area contributed by atoms with E-state index in [1.54, 1.807) is 30.3 Å². The van der Waals surface area contributed by atoms with Crippen LogP contribution in [-0.2, 0) is 0 Å². The summed E-state index contributed by atoms with van der Waals surface area (Å²) >= 11 is 0. The summed E-state index contributed by atoms with van der Waals surface area (Å²) in [5.41, 5.74) is 2.10. The molecule has 0 saturated heterocycles. The van der Waals surface area contributed by atoms with Crippen LogP contribution in [0.25, 0.3) is 11.3 Å². The van der Waals surface area contributed by atoms with E-state index in [1.807, 2.05) is 12.1 Å². The van der Waals surface area contributed by atoms with Gasteiger partial charge in [-0.1, -0.05) is 12.1 Å². The summed E-state index contributed by atoms with van der Waals surface area (Å²) < 4.78 is 0. The number of nitrogens with zero attached hydrogens (tertiary/aromatic N) is 2. The van der Waals surface area contributed by atoms with Crippen LogP contribution in [-0.4, -0.2) is 10.1 Å². The molecule has 3 heteroatoms. The second kappa shape index (κ2) is 3.81. The molecule has 72 valence electrons. The first-order valence-electron chi connectivity index (χ1n) is 4.45. The maximum absolute atomic E-state index is 9.30. The molecule has 0 aliphatic carbocycles. The van der Waals surface area contributed by atoms with Crippen LogP contribution in [0.2, 0.25) is 0 Å². The zero-order valence-electron chi connectivity index (χ0n) is 7.88. The number of hydrogen-bond donors (Lipinski definition) is 1. The van der Waals surface area contributed by atoms with Crippen LogP contribution in [0, 0.1) is 11.3 Å². The van der Waals surface area contributed by atoms with Crippen molar-refractivity contribution in [2.75, 3.05) is 0 Å². The minimum Gasteiger partial charge on any atom is -0.508 e. The zero-order chi connectivity index (χ0) is 10.7. The van der Waals surface area contributed by atoms with Crippen LogP contribution in [0.4, 0.5) is 0 Å². The molecule has 0 saturated carbocycles. The van der Waals surface area contributed by atoms with Gasteiger partial charge in [0.15, 0.2) is 0 Å². The van der Waals surface area contributed by atoms with Gasteiger partial charge in [0.1, 0.15) is 11.8 Å². The van der Waals surface area contributed by atoms with E-state index in [4.69, 9.17) is 5.26 Å². The lowest BCUT2D eigenvalue weighted by Crippen LogP contribution is -1.84. The Kier molecular flexibility index (Phi) is 2.34. The lowest BCUT2D eigenvalue weighted by Gasteiger charge is -2.00. The normalized spacial score (nSPS) is 9.53. The molecule has 1 N–H and O–H groups in total. The van der Waals surface area contributed by atoms with Crippen LogP contribution in [0.5, 0.6) is 5.75 Å². The summed E-state index contributed by atoms with van der Waals surface area (Å²) in [4.78, 5) is 4.13. The van der Waals surface area contributed by atoms with Crippen LogP contribution in [0.15, 0.2) is 42.6 Å². The highest BCUT2D eigenvalue weighted by Crippen LogP contribution is 2.21. The first-order chi connectivity index (χ1) is 7.29. The molecule has 15 heavy (non-hydrogen) atoms. The van der Waals surface area contributed by atoms with Crippen molar-refractivity contribution < 1.29 is 5.11 Å². The van der Waals surface area contributed by atoms with Crippen molar-refractivity contribution in [3.63, 3.8) is 0 Å². The molecule has 0 aliphatic heterocycles. The highest BCUT2D eigenvalue weighted by Gasteiger charge is 1.99. The Morgan fingerprint density at radius 1 is 1.20 bits per heavy atom. The van der Waals surface area contributed by atoms with Gasteiger partial charge >= 0.3 is 0 Å². The molecule has 0 radical (unpaired) electrons. The fourth-order valence-corrected chi connectivity index (χ4v) is 1.30. The average molecular weight is 196 g/mol.